The third-order valence-corrected chi connectivity index (χ3v) is 2.03. The highest BCUT2D eigenvalue weighted by molar-refractivity contribution is 5.82. The van der Waals surface area contributed by atoms with Crippen molar-refractivity contribution in [1.29, 1.82) is 0 Å². The Kier molecular flexibility index (Phi) is 14.7. The molecule has 19 heavy (non-hydrogen) atoms. The van der Waals surface area contributed by atoms with Gasteiger partial charge >= 0.3 is 6.09 Å². The maximum Gasteiger partial charge on any atom is 0.407 e. The highest BCUT2D eigenvalue weighted by Crippen LogP contribution is 2.06. The molecule has 0 spiro atoms. The molecule has 1 rings (SSSR count). The molecular weight excluding hydrogens is 252 g/mol. The van der Waals surface area contributed by atoms with E-state index in [1.807, 2.05) is 0 Å². The SMILES string of the molecule is CCC.COC(=O)NCC(=O)N1CCCC1.O=CO. The number of alkyl carbamates (subject to hydrolysis) is 1. The standard InChI is InChI=1S/C8H14N2O3.C3H8.CH2O2/c1-13-8(12)9-6-7(11)10-4-2-3-5-10;1-3-2;2-1-3/h2-6H2,1H3,(H,9,12);3H2,1-2H3;1H,(H,2,3). The van der Waals surface area contributed by atoms with Crippen LogP contribution in [-0.2, 0) is 14.3 Å². The van der Waals surface area contributed by atoms with Crippen molar-refractivity contribution in [2.75, 3.05) is 26.7 Å². The predicted octanol–water partition coefficient (Wildman–Crippen LogP) is 1.08. The fourth-order valence-corrected chi connectivity index (χ4v) is 1.30. The molecule has 112 valence electrons. The molecule has 7 heteroatoms. The zero-order chi connectivity index (χ0) is 15.1. The van der Waals surface area contributed by atoms with E-state index in [0.29, 0.717) is 0 Å². The predicted molar refractivity (Wildman–Crippen MR) is 70.9 cm³/mol. The van der Waals surface area contributed by atoms with Crippen LogP contribution in [0.1, 0.15) is 33.1 Å². The molecule has 1 aliphatic heterocycles. The number of nitrogens with one attached hydrogen (secondary N) is 1. The average molecular weight is 276 g/mol. The van der Waals surface area contributed by atoms with Crippen LogP contribution < -0.4 is 5.32 Å². The molecule has 1 heterocycles. The Morgan fingerprint density at radius 3 is 2.11 bits per heavy atom. The Morgan fingerprint density at radius 1 is 1.32 bits per heavy atom. The zero-order valence-corrected chi connectivity index (χ0v) is 11.8. The minimum absolute atomic E-state index is 0.0344. The van der Waals surface area contributed by atoms with E-state index in [2.05, 4.69) is 23.9 Å². The van der Waals surface area contributed by atoms with Crippen LogP contribution in [0.5, 0.6) is 0 Å². The van der Waals surface area contributed by atoms with Crippen LogP contribution in [-0.4, -0.2) is 55.2 Å². The summed E-state index contributed by atoms with van der Waals surface area (Å²) in [5.74, 6) is -0.0390. The van der Waals surface area contributed by atoms with Crippen molar-refractivity contribution in [1.82, 2.24) is 10.2 Å². The van der Waals surface area contributed by atoms with Crippen molar-refractivity contribution in [2.45, 2.75) is 33.1 Å². The maximum atomic E-state index is 11.3. The van der Waals surface area contributed by atoms with Gasteiger partial charge in [0.2, 0.25) is 5.91 Å². The van der Waals surface area contributed by atoms with Crippen molar-refractivity contribution >= 4 is 18.5 Å². The highest BCUT2D eigenvalue weighted by Gasteiger charge is 2.17. The Bertz CT molecular complexity index is 253. The molecule has 1 aliphatic rings. The Labute approximate surface area is 113 Å². The first-order chi connectivity index (χ1) is 9.06. The van der Waals surface area contributed by atoms with Crippen molar-refractivity contribution in [2.24, 2.45) is 0 Å². The Morgan fingerprint density at radius 2 is 1.74 bits per heavy atom. The monoisotopic (exact) mass is 276 g/mol. The zero-order valence-electron chi connectivity index (χ0n) is 11.8. The summed E-state index contributed by atoms with van der Waals surface area (Å²) in [7, 11) is 1.27. The summed E-state index contributed by atoms with van der Waals surface area (Å²) >= 11 is 0. The molecule has 0 atom stereocenters. The van der Waals surface area contributed by atoms with Gasteiger partial charge in [-0.15, -0.1) is 0 Å². The fourth-order valence-electron chi connectivity index (χ4n) is 1.30. The number of hydrogen-bond donors (Lipinski definition) is 2. The van der Waals surface area contributed by atoms with E-state index in [1.165, 1.54) is 13.5 Å². The number of likely N-dealkylation sites (tertiary alicyclic amines) is 1. The summed E-state index contributed by atoms with van der Waals surface area (Å²) in [6.45, 7) is 5.65. The Balaban J connectivity index is 0. The number of ether oxygens (including phenoxy) is 1. The van der Waals surface area contributed by atoms with Crippen molar-refractivity contribution in [3.05, 3.63) is 0 Å². The molecule has 1 saturated heterocycles. The molecule has 0 saturated carbocycles. The number of carbonyl (C=O) groups excluding carboxylic acids is 2. The first-order valence-electron chi connectivity index (χ1n) is 6.24. The maximum absolute atomic E-state index is 11.3. The van der Waals surface area contributed by atoms with Gasteiger partial charge in [-0.2, -0.15) is 0 Å². The molecule has 7 nitrogen and oxygen atoms in total. The van der Waals surface area contributed by atoms with Crippen LogP contribution in [0.4, 0.5) is 4.79 Å². The number of rotatable bonds is 2. The van der Waals surface area contributed by atoms with E-state index >= 15 is 0 Å². The van der Waals surface area contributed by atoms with Gasteiger partial charge in [0.15, 0.2) is 0 Å². The second kappa shape index (κ2) is 14.3. The summed E-state index contributed by atoms with van der Waals surface area (Å²) in [5.41, 5.74) is 0. The van der Waals surface area contributed by atoms with E-state index in [1.54, 1.807) is 4.90 Å². The lowest BCUT2D eigenvalue weighted by Gasteiger charge is -2.14. The fraction of sp³-hybridized carbons (Fsp3) is 0.750. The summed E-state index contributed by atoms with van der Waals surface area (Å²) in [6, 6.07) is 0. The minimum atomic E-state index is -0.562. The molecule has 0 aromatic rings. The van der Waals surface area contributed by atoms with Crippen LogP contribution in [0.15, 0.2) is 0 Å². The summed E-state index contributed by atoms with van der Waals surface area (Å²) in [5, 5.41) is 9.25. The smallest absolute Gasteiger partial charge is 0.407 e. The van der Waals surface area contributed by atoms with Gasteiger partial charge in [0, 0.05) is 13.1 Å². The number of amides is 2. The third kappa shape index (κ3) is 12.5. The molecule has 0 unspecified atom stereocenters. The second-order valence-electron chi connectivity index (χ2n) is 3.75. The summed E-state index contributed by atoms with van der Waals surface area (Å²) < 4.78 is 4.34. The van der Waals surface area contributed by atoms with Gasteiger partial charge in [-0.25, -0.2) is 4.79 Å². The van der Waals surface area contributed by atoms with Gasteiger partial charge in [-0.05, 0) is 12.8 Å². The van der Waals surface area contributed by atoms with Gasteiger partial charge in [0.05, 0.1) is 7.11 Å². The van der Waals surface area contributed by atoms with Crippen molar-refractivity contribution in [3.8, 4) is 0 Å². The van der Waals surface area contributed by atoms with Crippen LogP contribution in [0.25, 0.3) is 0 Å². The number of carboxylic acid groups (broad SMARTS) is 1. The first-order valence-corrected chi connectivity index (χ1v) is 6.24. The largest absolute Gasteiger partial charge is 0.483 e. The van der Waals surface area contributed by atoms with E-state index in [4.69, 9.17) is 9.90 Å². The normalized spacial score (nSPS) is 12.3. The number of methoxy groups -OCH3 is 1. The number of nitrogens with zero attached hydrogens (tertiary/aromatic N) is 1. The third-order valence-electron chi connectivity index (χ3n) is 2.03. The van der Waals surface area contributed by atoms with Crippen LogP contribution in [0.3, 0.4) is 0 Å². The Hall–Kier alpha value is -1.79. The second-order valence-corrected chi connectivity index (χ2v) is 3.75. The lowest BCUT2D eigenvalue weighted by Crippen LogP contribution is -2.38. The van der Waals surface area contributed by atoms with Crippen LogP contribution in [0, 0.1) is 0 Å². The lowest BCUT2D eigenvalue weighted by molar-refractivity contribution is -0.129. The van der Waals surface area contributed by atoms with Crippen molar-refractivity contribution < 1.29 is 24.2 Å². The minimum Gasteiger partial charge on any atom is -0.483 e. The van der Waals surface area contributed by atoms with Gasteiger partial charge in [0.25, 0.3) is 6.47 Å². The van der Waals surface area contributed by atoms with Gasteiger partial charge in [-0.3, -0.25) is 9.59 Å². The van der Waals surface area contributed by atoms with E-state index in [9.17, 15) is 9.59 Å². The molecule has 2 N–H and O–H groups in total. The molecule has 0 aliphatic carbocycles. The highest BCUT2D eigenvalue weighted by atomic mass is 16.5. The topological polar surface area (TPSA) is 95.9 Å². The van der Waals surface area contributed by atoms with E-state index in [0.717, 1.165) is 25.9 Å². The molecule has 1 fully saturated rings. The van der Waals surface area contributed by atoms with Gasteiger partial charge < -0.3 is 20.1 Å². The van der Waals surface area contributed by atoms with Gasteiger partial charge in [-0.1, -0.05) is 20.3 Å². The lowest BCUT2D eigenvalue weighted by atomic mass is 10.4. The van der Waals surface area contributed by atoms with Crippen LogP contribution in [0.2, 0.25) is 0 Å². The molecule has 0 aromatic carbocycles. The molecular formula is C12H24N2O5. The van der Waals surface area contributed by atoms with Gasteiger partial charge in [0.1, 0.15) is 6.54 Å². The number of hydrogen-bond acceptors (Lipinski definition) is 4. The number of carbonyl (C=O) groups is 3. The molecule has 2 amide bonds. The first kappa shape index (κ1) is 19.5. The summed E-state index contributed by atoms with van der Waals surface area (Å²) in [4.78, 5) is 32.1. The van der Waals surface area contributed by atoms with Crippen molar-refractivity contribution in [3.63, 3.8) is 0 Å². The molecule has 0 bridgehead atoms. The van der Waals surface area contributed by atoms with Crippen LogP contribution >= 0.6 is 0 Å². The average Bonchev–Trinajstić information content (AvgIpc) is 2.91. The summed E-state index contributed by atoms with van der Waals surface area (Å²) in [6.07, 6.45) is 2.81. The molecule has 0 aromatic heterocycles. The van der Waals surface area contributed by atoms with E-state index < -0.39 is 6.09 Å². The molecule has 0 radical (unpaired) electrons. The van der Waals surface area contributed by atoms with E-state index in [-0.39, 0.29) is 18.9 Å². The quantitative estimate of drug-likeness (QED) is 0.736.